The summed E-state index contributed by atoms with van der Waals surface area (Å²) in [7, 11) is -0.233. The molecule has 7 aliphatic rings. The Labute approximate surface area is 660 Å². The molecule has 0 atom stereocenters. The Hall–Kier alpha value is -7.67. The monoisotopic (exact) mass is 1440 g/mol. The van der Waals surface area contributed by atoms with Crippen LogP contribution < -0.4 is 149 Å². The molecule has 6 aromatic carbocycles. The number of azo groups is 1. The second-order valence-electron chi connectivity index (χ2n) is 23.8. The summed E-state index contributed by atoms with van der Waals surface area (Å²) in [4.78, 5) is 135. The average molecular weight is 1440 g/mol. The number of benzene rings is 6. The van der Waals surface area contributed by atoms with E-state index in [1.54, 1.807) is 68.1 Å². The molecule has 7 heterocycles. The van der Waals surface area contributed by atoms with Crippen molar-refractivity contribution in [3.63, 3.8) is 0 Å². The van der Waals surface area contributed by atoms with Gasteiger partial charge in [-0.15, -0.1) is 0 Å². The second-order valence-corrected chi connectivity index (χ2v) is 25.6. The molecule has 13 rings (SSSR count). The van der Waals surface area contributed by atoms with E-state index in [1.807, 2.05) is 91.8 Å². The molecule has 524 valence electrons. The number of carboxylic acids is 3. The molecule has 0 fully saturated rings. The minimum atomic E-state index is -4.09. The first-order valence-electron chi connectivity index (χ1n) is 32.8. The fraction of sp³-hybridized carbons (Fsp3) is 0.361. The van der Waals surface area contributed by atoms with Crippen molar-refractivity contribution in [3.8, 4) is 0 Å². The standard InChI is InChI=1S/C72H85N11O15S.3Na/c1-79(2)57-27-15-55(16-28-57)77-78-56-17-29-62(30-18-56)99(97,98)76-44-40-69(90)83-48-6-5-47-82(68(89)39-43-75-65(86)33-36-72(95)96)60-23-9-52(10-24-60)49-51-7-19-58(20-8-51)80(66(87)37-41-73-63(84)31-34-70(91)92)45-3-4-46-81(67(88)38-42-74-64(85)32-35-71(93)94)59-21-11-53(12-22-59)50-54-13-25-61(83)26-14-54;;;/h7-30,76H,3-6,31-50H2,1-2H3,(H,73,84)(H,74,85)(H,75,86)(H,91,92)(H,93,94)(H,95,96);;;/q;3*+1/p-3. The smallest absolute Gasteiger partial charge is 0.550 e. The fourth-order valence-electron chi connectivity index (χ4n) is 10.7. The van der Waals surface area contributed by atoms with Crippen LogP contribution in [-0.2, 0) is 70.8 Å². The van der Waals surface area contributed by atoms with Gasteiger partial charge in [0.15, 0.2) is 0 Å². The topological polar surface area (TPSA) is 363 Å². The maximum atomic E-state index is 14.4. The van der Waals surface area contributed by atoms with Gasteiger partial charge in [-0.3, -0.25) is 33.6 Å². The Morgan fingerprint density at radius 3 is 0.902 bits per heavy atom. The van der Waals surface area contributed by atoms with Crippen LogP contribution in [0.25, 0.3) is 0 Å². The summed E-state index contributed by atoms with van der Waals surface area (Å²) in [6.07, 6.45) is -0.541. The summed E-state index contributed by atoms with van der Waals surface area (Å²) in [6.45, 7) is 0.315. The summed E-state index contributed by atoms with van der Waals surface area (Å²) in [6, 6.07) is 42.6. The van der Waals surface area contributed by atoms with E-state index in [4.69, 9.17) is 0 Å². The van der Waals surface area contributed by atoms with E-state index in [0.717, 1.165) is 27.9 Å². The molecule has 102 heavy (non-hydrogen) atoms. The number of hydrogen-bond acceptors (Lipinski definition) is 18. The predicted molar refractivity (Wildman–Crippen MR) is 366 cm³/mol. The first kappa shape index (κ1) is 86.7. The molecule has 0 saturated heterocycles. The largest absolute Gasteiger partial charge is 1.00 e. The van der Waals surface area contributed by atoms with Crippen molar-refractivity contribution in [2.45, 2.75) is 108 Å². The zero-order chi connectivity index (χ0) is 71.3. The molecule has 26 nitrogen and oxygen atoms in total. The SMILES string of the molecule is CN(C)c1ccc(N=Nc2ccc(S(=O)(=O)NCCC(=O)N3CCCCN(C(=O)CCNC(=O)CCC(=O)[O-])c4ccc(cc4)Cc4ccc(cc4)N(C(=O)CCNC(=O)CCC(=O)[O-])CCCCN(C(=O)CCNC(=O)CCC(=O)[O-])c4ccc(cc4)Cc4ccc3cc4)cc2)cc1.[Na+].[Na+].[Na+]. The average Bonchev–Trinajstić information content (AvgIpc) is 0.856. The minimum absolute atomic E-state index is 0. The van der Waals surface area contributed by atoms with Crippen molar-refractivity contribution in [1.82, 2.24) is 20.7 Å². The van der Waals surface area contributed by atoms with Gasteiger partial charge in [-0.1, -0.05) is 48.5 Å². The quantitative estimate of drug-likeness (QED) is 0.0294. The van der Waals surface area contributed by atoms with Crippen LogP contribution in [0.3, 0.4) is 0 Å². The predicted octanol–water partition coefficient (Wildman–Crippen LogP) is -4.55. The maximum absolute atomic E-state index is 14.4. The summed E-state index contributed by atoms with van der Waals surface area (Å²) in [5, 5.41) is 49.2. The third kappa shape index (κ3) is 29.6. The van der Waals surface area contributed by atoms with Crippen LogP contribution >= 0.6 is 0 Å². The molecule has 4 N–H and O–H groups in total. The molecule has 7 amide bonds. The van der Waals surface area contributed by atoms with E-state index < -0.39 is 64.9 Å². The third-order valence-corrected chi connectivity index (χ3v) is 17.6. The number of nitrogens with zero attached hydrogens (tertiary/aromatic N) is 7. The maximum Gasteiger partial charge on any atom is 1.00 e. The van der Waals surface area contributed by atoms with Crippen LogP contribution in [0.15, 0.2) is 161 Å². The van der Waals surface area contributed by atoms with E-state index in [2.05, 4.69) is 30.9 Å². The number of carboxylic acid groups (broad SMARTS) is 3. The number of sulfonamides is 1. The Morgan fingerprint density at radius 2 is 0.637 bits per heavy atom. The normalized spacial score (nSPS) is 12.8. The van der Waals surface area contributed by atoms with Crippen LogP contribution in [-0.4, -0.2) is 134 Å². The number of amides is 7. The molecule has 0 spiro atoms. The molecule has 0 aliphatic carbocycles. The van der Waals surface area contributed by atoms with Crippen LogP contribution in [0.4, 0.5) is 39.8 Å². The molecule has 7 aliphatic heterocycles. The summed E-state index contributed by atoms with van der Waals surface area (Å²) < 4.78 is 29.7. The van der Waals surface area contributed by atoms with Crippen LogP contribution in [0.2, 0.25) is 0 Å². The molecule has 8 bridgehead atoms. The van der Waals surface area contributed by atoms with Crippen LogP contribution in [0.5, 0.6) is 0 Å². The molecule has 30 heteroatoms. The molecule has 0 radical (unpaired) electrons. The van der Waals surface area contributed by atoms with Crippen LogP contribution in [0, 0.1) is 0 Å². The summed E-state index contributed by atoms with van der Waals surface area (Å²) in [5.41, 5.74) is 7.68. The van der Waals surface area contributed by atoms with Crippen LogP contribution in [0.1, 0.15) is 112 Å². The Balaban J connectivity index is 0.00000735. The fourth-order valence-corrected chi connectivity index (χ4v) is 11.7. The zero-order valence-electron chi connectivity index (χ0n) is 58.5. The van der Waals surface area contributed by atoms with Gasteiger partial charge in [0.25, 0.3) is 0 Å². The van der Waals surface area contributed by atoms with Gasteiger partial charge in [-0.25, -0.2) is 13.1 Å². The number of hydrogen-bond donors (Lipinski definition) is 4. The van der Waals surface area contributed by atoms with E-state index in [0.29, 0.717) is 72.6 Å². The van der Waals surface area contributed by atoms with Gasteiger partial charge in [-0.05, 0) is 177 Å². The van der Waals surface area contributed by atoms with Gasteiger partial charge < -0.3 is 70.2 Å². The molecular weight excluding hydrogens is 1360 g/mol. The number of anilines is 5. The van der Waals surface area contributed by atoms with E-state index in [-0.39, 0.29) is 214 Å². The van der Waals surface area contributed by atoms with Gasteiger partial charge in [-0.2, -0.15) is 10.2 Å². The van der Waals surface area contributed by atoms with Crippen molar-refractivity contribution < 1.29 is 160 Å². The first-order chi connectivity index (χ1) is 47.5. The number of aliphatic carboxylic acids is 3. The van der Waals surface area contributed by atoms with Crippen molar-refractivity contribution >= 4 is 109 Å². The molecule has 0 unspecified atom stereocenters. The molecule has 0 saturated carbocycles. The molecule has 6 aromatic rings. The van der Waals surface area contributed by atoms with E-state index in [9.17, 15) is 71.7 Å². The van der Waals surface area contributed by atoms with Crippen molar-refractivity contribution in [2.75, 3.05) is 91.0 Å². The Bertz CT molecular complexity index is 3910. The van der Waals surface area contributed by atoms with Crippen molar-refractivity contribution in [2.24, 2.45) is 10.2 Å². The Morgan fingerprint density at radius 1 is 0.373 bits per heavy atom. The van der Waals surface area contributed by atoms with Gasteiger partial charge in [0.1, 0.15) is 0 Å². The van der Waals surface area contributed by atoms with Gasteiger partial charge in [0.05, 0.1) is 16.3 Å². The Kier molecular flexibility index (Phi) is 38.1. The zero-order valence-corrected chi connectivity index (χ0v) is 65.3. The van der Waals surface area contributed by atoms with Gasteiger partial charge in [0.2, 0.25) is 51.4 Å². The van der Waals surface area contributed by atoms with Gasteiger partial charge in [0, 0.05) is 158 Å². The summed E-state index contributed by atoms with van der Waals surface area (Å²) >= 11 is 0. The van der Waals surface area contributed by atoms with E-state index in [1.165, 1.54) is 24.3 Å². The van der Waals surface area contributed by atoms with Crippen molar-refractivity contribution in [1.29, 1.82) is 0 Å². The van der Waals surface area contributed by atoms with E-state index >= 15 is 0 Å². The third-order valence-electron chi connectivity index (χ3n) is 16.1. The van der Waals surface area contributed by atoms with Crippen molar-refractivity contribution in [3.05, 3.63) is 168 Å². The second kappa shape index (κ2) is 44.8. The minimum Gasteiger partial charge on any atom is -0.550 e. The first-order valence-corrected chi connectivity index (χ1v) is 34.2. The molecular formula is C72H82N11Na3O15S. The number of carbonyl (C=O) groups is 10. The summed E-state index contributed by atoms with van der Waals surface area (Å²) in [5.74, 6) is -7.19. The number of carbonyl (C=O) groups excluding carboxylic acids is 10. The van der Waals surface area contributed by atoms with Gasteiger partial charge >= 0.3 is 88.7 Å². The molecule has 0 aromatic heterocycles. The number of rotatable bonds is 26. The number of nitrogens with one attached hydrogen (secondary N) is 4.